The first-order valence-corrected chi connectivity index (χ1v) is 20.3. The van der Waals surface area contributed by atoms with Gasteiger partial charge in [-0.15, -0.1) is 24.0 Å². The Morgan fingerprint density at radius 2 is 0.941 bits per heavy atom. The Morgan fingerprint density at radius 1 is 0.515 bits per heavy atom. The fourth-order valence-electron chi connectivity index (χ4n) is 6.25. The van der Waals surface area contributed by atoms with Crippen molar-refractivity contribution in [2.45, 2.75) is 19.0 Å². The maximum Gasteiger partial charge on any atom is 0.297 e. The standard InChI is InChI=1S/C13H10N4O2.C13H12N4.C7H5N3O2.C6H6ClN.C6H7N3O2.ClH/c18-17(19)12-3-1-2-11-13(12)15-9-16(11)8-10-4-6-14-7-5-10;14-11-2-1-3-12-13(11)16-9-17(12)8-10-4-6-15-7-5-10;11-10(12)6-3-1-2-5-7(6)9-4-8-5;7-5-6-1-3-8-4-2-6;7-4-2-1-3-5(6(4)8)9(10)11;/h1-7,9H,8H2;1-7,9H,8,14H2;1-4H,(H,8,9);1-4H,5H2;1-3H,7-8H2;1H. The van der Waals surface area contributed by atoms with Gasteiger partial charge in [0.2, 0.25) is 0 Å². The highest BCUT2D eigenvalue weighted by molar-refractivity contribution is 6.17. The smallest absolute Gasteiger partial charge is 0.297 e. The number of nitro groups is 3. The van der Waals surface area contributed by atoms with Crippen molar-refractivity contribution < 1.29 is 14.8 Å². The van der Waals surface area contributed by atoms with E-state index in [-0.39, 0.29) is 40.8 Å². The SMILES string of the molecule is Cl.ClCc1ccncc1.Nc1cccc([N+](=O)[O-])c1N.Nc1cccc2c1ncn2Cc1ccncc1.O=[N+]([O-])c1cccc2[nH]cnc12.O=[N+]([O-])c1cccc2c1ncn2Cc1ccncc1. The van der Waals surface area contributed by atoms with Crippen LogP contribution in [-0.2, 0) is 19.0 Å². The number of benzene rings is 4. The second-order valence-electron chi connectivity index (χ2n) is 13.9. The van der Waals surface area contributed by atoms with Gasteiger partial charge >= 0.3 is 0 Å². The number of nitrogens with zero attached hydrogens (tertiary/aromatic N) is 11. The number of fused-ring (bicyclic) bond motifs is 3. The normalized spacial score (nSPS) is 10.1. The van der Waals surface area contributed by atoms with Gasteiger partial charge in [0.15, 0.2) is 11.0 Å². The number of H-pyrrole nitrogens is 1. The van der Waals surface area contributed by atoms with Crippen molar-refractivity contribution in [1.29, 1.82) is 0 Å². The lowest BCUT2D eigenvalue weighted by atomic mass is 10.2. The quantitative estimate of drug-likeness (QED) is 0.0478. The Morgan fingerprint density at radius 3 is 1.44 bits per heavy atom. The number of pyridine rings is 3. The van der Waals surface area contributed by atoms with E-state index in [9.17, 15) is 30.3 Å². The summed E-state index contributed by atoms with van der Waals surface area (Å²) < 4.78 is 3.97. The van der Waals surface area contributed by atoms with Crippen molar-refractivity contribution in [3.8, 4) is 0 Å². The maximum absolute atomic E-state index is 10.9. The number of aromatic nitrogens is 9. The van der Waals surface area contributed by atoms with Crippen LogP contribution in [0.2, 0.25) is 0 Å². The highest BCUT2D eigenvalue weighted by Crippen LogP contribution is 2.27. The molecule has 0 saturated carbocycles. The number of hydrogen-bond donors (Lipinski definition) is 4. The van der Waals surface area contributed by atoms with Crippen LogP contribution in [0, 0.1) is 30.3 Å². The van der Waals surface area contributed by atoms with Crippen LogP contribution in [0.3, 0.4) is 0 Å². The second kappa shape index (κ2) is 24.3. The molecule has 23 heteroatoms. The van der Waals surface area contributed by atoms with Gasteiger partial charge in [-0.25, -0.2) is 15.0 Å². The van der Waals surface area contributed by atoms with Crippen LogP contribution in [0.4, 0.5) is 34.1 Å². The Hall–Kier alpha value is -9.08. The molecule has 0 aliphatic rings. The van der Waals surface area contributed by atoms with Crippen LogP contribution in [0.15, 0.2) is 165 Å². The minimum Gasteiger partial charge on any atom is -0.397 e. The molecule has 0 radical (unpaired) electrons. The molecule has 0 fully saturated rings. The number of halogens is 2. The summed E-state index contributed by atoms with van der Waals surface area (Å²) in [6.07, 6.45) is 15.4. The molecule has 7 N–H and O–H groups in total. The first-order valence-electron chi connectivity index (χ1n) is 19.8. The molecule has 4 aromatic carbocycles. The number of anilines is 3. The Labute approximate surface area is 397 Å². The molecule has 0 unspecified atom stereocenters. The second-order valence-corrected chi connectivity index (χ2v) is 14.2. The van der Waals surface area contributed by atoms with Gasteiger partial charge in [0.25, 0.3) is 17.1 Å². The molecule has 346 valence electrons. The lowest BCUT2D eigenvalue weighted by Crippen LogP contribution is -1.99. The number of rotatable bonds is 8. The van der Waals surface area contributed by atoms with Gasteiger partial charge in [0.05, 0.1) is 61.7 Å². The van der Waals surface area contributed by atoms with E-state index >= 15 is 0 Å². The third-order valence-electron chi connectivity index (χ3n) is 9.55. The number of nitrogens with one attached hydrogen (secondary N) is 1. The zero-order valence-corrected chi connectivity index (χ0v) is 37.2. The molecule has 0 spiro atoms. The zero-order valence-electron chi connectivity index (χ0n) is 35.6. The summed E-state index contributed by atoms with van der Waals surface area (Å²) in [5.74, 6) is 0.572. The minimum atomic E-state index is -0.564. The molecule has 21 nitrogen and oxygen atoms in total. The van der Waals surface area contributed by atoms with Gasteiger partial charge in [-0.2, -0.15) is 0 Å². The summed E-state index contributed by atoms with van der Waals surface area (Å²) >= 11 is 5.50. The topological polar surface area (TPSA) is 310 Å². The van der Waals surface area contributed by atoms with Crippen LogP contribution >= 0.6 is 24.0 Å². The highest BCUT2D eigenvalue weighted by atomic mass is 35.5. The number of nitro benzene ring substituents is 3. The Balaban J connectivity index is 0.000000163. The van der Waals surface area contributed by atoms with E-state index in [4.69, 9.17) is 28.8 Å². The number of nitrogens with two attached hydrogens (primary N) is 3. The number of hydrogen-bond acceptors (Lipinski definition) is 15. The fourth-order valence-corrected chi connectivity index (χ4v) is 6.43. The minimum absolute atomic E-state index is 0. The van der Waals surface area contributed by atoms with Crippen molar-refractivity contribution in [3.63, 3.8) is 0 Å². The van der Waals surface area contributed by atoms with E-state index < -0.39 is 14.8 Å². The summed E-state index contributed by atoms with van der Waals surface area (Å²) in [5.41, 5.74) is 25.0. The van der Waals surface area contributed by atoms with Crippen LogP contribution in [0.1, 0.15) is 16.7 Å². The summed E-state index contributed by atoms with van der Waals surface area (Å²) in [4.78, 5) is 57.1. The predicted octanol–water partition coefficient (Wildman–Crippen LogP) is 8.92. The monoisotopic (exact) mass is 957 g/mol. The zero-order chi connectivity index (χ0) is 47.7. The van der Waals surface area contributed by atoms with Gasteiger partial charge in [-0.05, 0) is 83.4 Å². The van der Waals surface area contributed by atoms with Gasteiger partial charge in [-0.3, -0.25) is 45.3 Å². The van der Waals surface area contributed by atoms with E-state index in [2.05, 4.69) is 39.5 Å². The fraction of sp³-hybridized carbons (Fsp3) is 0.0667. The van der Waals surface area contributed by atoms with E-state index in [1.807, 2.05) is 71.6 Å². The van der Waals surface area contributed by atoms with Crippen LogP contribution < -0.4 is 17.2 Å². The summed E-state index contributed by atoms with van der Waals surface area (Å²) in [6.45, 7) is 1.39. The first-order chi connectivity index (χ1) is 32.4. The van der Waals surface area contributed by atoms with Crippen LogP contribution in [0.25, 0.3) is 33.1 Å². The molecule has 0 bridgehead atoms. The van der Waals surface area contributed by atoms with Crippen molar-refractivity contribution in [2.75, 3.05) is 17.2 Å². The molecule has 0 aliphatic carbocycles. The summed E-state index contributed by atoms with van der Waals surface area (Å²) in [5, 5.41) is 31.6. The molecule has 10 rings (SSSR count). The van der Waals surface area contributed by atoms with Crippen molar-refractivity contribution in [1.82, 2.24) is 44.0 Å². The molecule has 0 amide bonds. The summed E-state index contributed by atoms with van der Waals surface area (Å²) in [6, 6.07) is 31.5. The van der Waals surface area contributed by atoms with E-state index in [0.717, 1.165) is 39.9 Å². The number of aromatic amines is 1. The largest absolute Gasteiger partial charge is 0.397 e. The number of alkyl halides is 1. The molecule has 68 heavy (non-hydrogen) atoms. The molecule has 6 aromatic heterocycles. The predicted molar refractivity (Wildman–Crippen MR) is 263 cm³/mol. The van der Waals surface area contributed by atoms with Gasteiger partial charge in [-0.1, -0.05) is 24.3 Å². The Bertz CT molecular complexity index is 3230. The average molecular weight is 959 g/mol. The third-order valence-corrected chi connectivity index (χ3v) is 9.86. The number of non-ortho nitro benzene ring substituents is 2. The maximum atomic E-state index is 10.9. The number of imidazole rings is 3. The average Bonchev–Trinajstić information content (AvgIpc) is 4.11. The lowest BCUT2D eigenvalue weighted by Gasteiger charge is -2.04. The number of nitrogen functional groups attached to an aromatic ring is 3. The lowest BCUT2D eigenvalue weighted by molar-refractivity contribution is -0.383. The molecular weight excluding hydrogens is 917 g/mol. The van der Waals surface area contributed by atoms with Crippen LogP contribution in [0.5, 0.6) is 0 Å². The number of para-hydroxylation sites is 4. The van der Waals surface area contributed by atoms with Crippen LogP contribution in [-0.4, -0.2) is 58.8 Å². The molecule has 0 aliphatic heterocycles. The highest BCUT2D eigenvalue weighted by Gasteiger charge is 2.16. The first kappa shape index (κ1) is 49.9. The van der Waals surface area contributed by atoms with E-state index in [0.29, 0.717) is 29.0 Å². The molecule has 0 saturated heterocycles. The third kappa shape index (κ3) is 13.0. The molecule has 0 atom stereocenters. The summed E-state index contributed by atoms with van der Waals surface area (Å²) in [7, 11) is 0. The van der Waals surface area contributed by atoms with Crippen molar-refractivity contribution in [3.05, 3.63) is 212 Å². The van der Waals surface area contributed by atoms with Gasteiger partial charge in [0, 0.05) is 74.3 Å². The molecule has 6 heterocycles. The molecular formula is C45H41Cl2N15O6. The van der Waals surface area contributed by atoms with Crippen molar-refractivity contribution in [2.24, 2.45) is 0 Å². The van der Waals surface area contributed by atoms with Gasteiger partial charge < -0.3 is 31.3 Å². The Kier molecular flexibility index (Phi) is 17.8. The van der Waals surface area contributed by atoms with E-state index in [1.165, 1.54) is 42.2 Å². The van der Waals surface area contributed by atoms with E-state index in [1.54, 1.807) is 61.7 Å². The molecule has 10 aromatic rings. The van der Waals surface area contributed by atoms with Crippen molar-refractivity contribution >= 4 is 91.2 Å². The van der Waals surface area contributed by atoms with Gasteiger partial charge in [0.1, 0.15) is 11.2 Å².